The fraction of sp³-hybridized carbons (Fsp3) is 0.727. The number of aromatic nitrogens is 2. The smallest absolute Gasteiger partial charge is 0.317 e. The lowest BCUT2D eigenvalue weighted by molar-refractivity contribution is -0.132. The molecule has 0 saturated heterocycles. The van der Waals surface area contributed by atoms with E-state index in [1.807, 2.05) is 11.6 Å². The molecule has 0 amide bonds. The lowest BCUT2D eigenvalue weighted by atomic mass is 10.4. The molecule has 10 heteroatoms. The zero-order valence-corrected chi connectivity index (χ0v) is 12.5. The third-order valence-corrected chi connectivity index (χ3v) is 4.03. The minimum Gasteiger partial charge on any atom is -0.317 e. The van der Waals surface area contributed by atoms with Gasteiger partial charge in [-0.3, -0.25) is 4.68 Å². The Labute approximate surface area is 121 Å². The number of sulfonamides is 1. The molecule has 0 aliphatic carbocycles. The molecule has 0 saturated carbocycles. The summed E-state index contributed by atoms with van der Waals surface area (Å²) < 4.78 is 62.8. The molecule has 21 heavy (non-hydrogen) atoms. The minimum atomic E-state index is -4.39. The standard InChI is InChI=1S/C11H19F3N4O2S/c1-2-15-5-3-7-18-9-10(8-16-18)21(19,20)17-6-4-11(12,13)14/h8-9,15,17H,2-7H2,1H3. The maximum absolute atomic E-state index is 12.0. The van der Waals surface area contributed by atoms with Gasteiger partial charge in [-0.1, -0.05) is 6.92 Å². The molecule has 122 valence electrons. The van der Waals surface area contributed by atoms with E-state index in [0.717, 1.165) is 25.7 Å². The molecule has 6 nitrogen and oxygen atoms in total. The van der Waals surface area contributed by atoms with Crippen LogP contribution in [0, 0.1) is 0 Å². The topological polar surface area (TPSA) is 76.0 Å². The maximum Gasteiger partial charge on any atom is 0.390 e. The molecule has 2 N–H and O–H groups in total. The Kier molecular flexibility index (Phi) is 6.62. The van der Waals surface area contributed by atoms with Crippen molar-refractivity contribution in [2.45, 2.75) is 37.4 Å². The average Bonchev–Trinajstić information content (AvgIpc) is 2.82. The Balaban J connectivity index is 2.50. The molecule has 0 radical (unpaired) electrons. The quantitative estimate of drug-likeness (QED) is 0.666. The highest BCUT2D eigenvalue weighted by Gasteiger charge is 2.27. The van der Waals surface area contributed by atoms with Crippen molar-refractivity contribution in [2.75, 3.05) is 19.6 Å². The van der Waals surface area contributed by atoms with Crippen LogP contribution < -0.4 is 10.0 Å². The highest BCUT2D eigenvalue weighted by atomic mass is 32.2. The van der Waals surface area contributed by atoms with Gasteiger partial charge in [-0.2, -0.15) is 18.3 Å². The Hall–Kier alpha value is -1.13. The molecule has 0 unspecified atom stereocenters. The molecule has 0 atom stereocenters. The van der Waals surface area contributed by atoms with Crippen LogP contribution in [0.25, 0.3) is 0 Å². The van der Waals surface area contributed by atoms with Gasteiger partial charge in [0.1, 0.15) is 4.90 Å². The van der Waals surface area contributed by atoms with E-state index in [1.165, 1.54) is 10.9 Å². The van der Waals surface area contributed by atoms with Crippen LogP contribution >= 0.6 is 0 Å². The van der Waals surface area contributed by atoms with Gasteiger partial charge in [-0.25, -0.2) is 13.1 Å². The van der Waals surface area contributed by atoms with Gasteiger partial charge in [-0.05, 0) is 19.5 Å². The zero-order valence-electron chi connectivity index (χ0n) is 11.7. The summed E-state index contributed by atoms with van der Waals surface area (Å²) in [5.74, 6) is 0. The number of alkyl halides is 3. The first-order valence-corrected chi connectivity index (χ1v) is 8.02. The first-order valence-electron chi connectivity index (χ1n) is 6.54. The van der Waals surface area contributed by atoms with Crippen LogP contribution in [0.5, 0.6) is 0 Å². The summed E-state index contributed by atoms with van der Waals surface area (Å²) in [4.78, 5) is -0.131. The third kappa shape index (κ3) is 6.91. The van der Waals surface area contributed by atoms with Crippen molar-refractivity contribution in [1.82, 2.24) is 19.8 Å². The molecule has 1 heterocycles. The van der Waals surface area contributed by atoms with Crippen molar-refractivity contribution in [3.63, 3.8) is 0 Å². The van der Waals surface area contributed by atoms with Crippen molar-refractivity contribution in [3.05, 3.63) is 12.4 Å². The van der Waals surface area contributed by atoms with Crippen LogP contribution in [0.1, 0.15) is 19.8 Å². The second kappa shape index (κ2) is 7.76. The van der Waals surface area contributed by atoms with Crippen LogP contribution in [0.4, 0.5) is 13.2 Å². The fourth-order valence-electron chi connectivity index (χ4n) is 1.56. The molecular weight excluding hydrogens is 309 g/mol. The largest absolute Gasteiger partial charge is 0.390 e. The summed E-state index contributed by atoms with van der Waals surface area (Å²) in [7, 11) is -3.95. The predicted octanol–water partition coefficient (Wildman–Crippen LogP) is 1.11. The summed E-state index contributed by atoms with van der Waals surface area (Å²) >= 11 is 0. The molecule has 0 bridgehead atoms. The Morgan fingerprint density at radius 2 is 2.05 bits per heavy atom. The molecule has 1 aromatic heterocycles. The number of nitrogens with zero attached hydrogens (tertiary/aromatic N) is 2. The van der Waals surface area contributed by atoms with Crippen molar-refractivity contribution in [1.29, 1.82) is 0 Å². The fourth-order valence-corrected chi connectivity index (χ4v) is 2.54. The van der Waals surface area contributed by atoms with Gasteiger partial charge in [-0.15, -0.1) is 0 Å². The van der Waals surface area contributed by atoms with E-state index in [4.69, 9.17) is 0 Å². The lowest BCUT2D eigenvalue weighted by Gasteiger charge is -2.07. The van der Waals surface area contributed by atoms with E-state index in [-0.39, 0.29) is 4.90 Å². The van der Waals surface area contributed by atoms with Crippen LogP contribution in [0.2, 0.25) is 0 Å². The number of rotatable bonds is 9. The highest BCUT2D eigenvalue weighted by molar-refractivity contribution is 7.89. The number of hydrogen-bond donors (Lipinski definition) is 2. The summed E-state index contributed by atoms with van der Waals surface area (Å²) in [5, 5.41) is 7.00. The van der Waals surface area contributed by atoms with Crippen LogP contribution in [0.3, 0.4) is 0 Å². The minimum absolute atomic E-state index is 0.131. The molecule has 1 aromatic rings. The normalized spacial score (nSPS) is 12.8. The Morgan fingerprint density at radius 1 is 1.33 bits per heavy atom. The highest BCUT2D eigenvalue weighted by Crippen LogP contribution is 2.18. The zero-order chi connectivity index (χ0) is 15.9. The van der Waals surface area contributed by atoms with Crippen molar-refractivity contribution >= 4 is 10.0 Å². The molecule has 1 rings (SSSR count). The van der Waals surface area contributed by atoms with Crippen LogP contribution in [-0.2, 0) is 16.6 Å². The number of halogens is 3. The number of hydrogen-bond acceptors (Lipinski definition) is 4. The Morgan fingerprint density at radius 3 is 2.67 bits per heavy atom. The summed E-state index contributed by atoms with van der Waals surface area (Å²) in [6, 6.07) is 0. The predicted molar refractivity (Wildman–Crippen MR) is 71.2 cm³/mol. The summed E-state index contributed by atoms with van der Waals surface area (Å²) in [6.07, 6.45) is -2.39. The summed E-state index contributed by atoms with van der Waals surface area (Å²) in [5.41, 5.74) is 0. The van der Waals surface area contributed by atoms with Gasteiger partial charge < -0.3 is 5.32 Å². The van der Waals surface area contributed by atoms with Gasteiger partial charge in [0.2, 0.25) is 10.0 Å². The third-order valence-electron chi connectivity index (χ3n) is 2.61. The summed E-state index contributed by atoms with van der Waals surface area (Å²) in [6.45, 7) is 3.46. The maximum atomic E-state index is 12.0. The van der Waals surface area contributed by atoms with Crippen molar-refractivity contribution in [3.8, 4) is 0 Å². The molecule has 0 fully saturated rings. The van der Waals surface area contributed by atoms with E-state index in [9.17, 15) is 21.6 Å². The first-order chi connectivity index (χ1) is 9.74. The monoisotopic (exact) mass is 328 g/mol. The number of nitrogens with one attached hydrogen (secondary N) is 2. The van der Waals surface area contributed by atoms with Gasteiger partial charge >= 0.3 is 6.18 Å². The van der Waals surface area contributed by atoms with E-state index in [2.05, 4.69) is 10.4 Å². The van der Waals surface area contributed by atoms with Gasteiger partial charge in [0.05, 0.1) is 12.6 Å². The first kappa shape index (κ1) is 17.9. The van der Waals surface area contributed by atoms with E-state index in [0.29, 0.717) is 6.54 Å². The second-order valence-corrected chi connectivity index (χ2v) is 6.18. The van der Waals surface area contributed by atoms with Crippen molar-refractivity contribution in [2.24, 2.45) is 0 Å². The van der Waals surface area contributed by atoms with Crippen LogP contribution in [0.15, 0.2) is 17.3 Å². The van der Waals surface area contributed by atoms with E-state index < -0.39 is 29.2 Å². The second-order valence-electron chi connectivity index (χ2n) is 4.41. The molecule has 0 spiro atoms. The van der Waals surface area contributed by atoms with Crippen LogP contribution in [-0.4, -0.2) is 44.0 Å². The SMILES string of the molecule is CCNCCCn1cc(S(=O)(=O)NCCC(F)(F)F)cn1. The number of aryl methyl sites for hydroxylation is 1. The molecule has 0 aliphatic rings. The van der Waals surface area contributed by atoms with E-state index in [1.54, 1.807) is 0 Å². The van der Waals surface area contributed by atoms with Gasteiger partial charge in [0.15, 0.2) is 0 Å². The molecule has 0 aromatic carbocycles. The van der Waals surface area contributed by atoms with Gasteiger partial charge in [0, 0.05) is 19.3 Å². The lowest BCUT2D eigenvalue weighted by Crippen LogP contribution is -2.27. The van der Waals surface area contributed by atoms with Crippen molar-refractivity contribution < 1.29 is 21.6 Å². The average molecular weight is 328 g/mol. The molecule has 0 aliphatic heterocycles. The Bertz CT molecular complexity index is 528. The van der Waals surface area contributed by atoms with Gasteiger partial charge in [0.25, 0.3) is 0 Å². The molecular formula is C11H19F3N4O2S. The van der Waals surface area contributed by atoms with E-state index >= 15 is 0 Å².